The minimum absolute atomic E-state index is 0.0240. The average Bonchev–Trinajstić information content (AvgIpc) is 2.90. The van der Waals surface area contributed by atoms with Crippen molar-refractivity contribution in [2.45, 2.75) is 26.3 Å². The van der Waals surface area contributed by atoms with E-state index in [0.29, 0.717) is 45.2 Å². The first-order valence-electron chi connectivity index (χ1n) is 12.5. The van der Waals surface area contributed by atoms with E-state index in [2.05, 4.69) is 53.5 Å². The molecule has 0 aliphatic carbocycles. The topological polar surface area (TPSA) is 63.3 Å². The Kier molecular flexibility index (Phi) is 8.66. The molecule has 0 aromatic heterocycles. The van der Waals surface area contributed by atoms with Crippen LogP contribution in [0.25, 0.3) is 5.57 Å². The molecule has 7 nitrogen and oxygen atoms in total. The maximum atomic E-state index is 13.1. The van der Waals surface area contributed by atoms with Crippen LogP contribution >= 0.6 is 0 Å². The first kappa shape index (κ1) is 25.1. The Morgan fingerprint density at radius 3 is 2.51 bits per heavy atom. The number of nitrogens with zero attached hydrogens (tertiary/aromatic N) is 2. The summed E-state index contributed by atoms with van der Waals surface area (Å²) >= 11 is 0. The second-order valence-electron chi connectivity index (χ2n) is 8.98. The molecule has 0 saturated carbocycles. The van der Waals surface area contributed by atoms with Crippen molar-refractivity contribution in [2.75, 3.05) is 59.7 Å². The van der Waals surface area contributed by atoms with Crippen LogP contribution in [-0.2, 0) is 4.74 Å². The SMILES string of the molecule is CCOc1ccc([C@@H](CNC(=O)N2CC=C(c3ccc(C)cc3)CC2)N2CCOCC2)cc1OC. The lowest BCUT2D eigenvalue weighted by Gasteiger charge is -2.36. The maximum absolute atomic E-state index is 13.1. The number of ether oxygens (including phenoxy) is 3. The molecule has 0 spiro atoms. The van der Waals surface area contributed by atoms with Crippen molar-refractivity contribution in [1.82, 2.24) is 15.1 Å². The van der Waals surface area contributed by atoms with Gasteiger partial charge in [-0.05, 0) is 49.1 Å². The average molecular weight is 480 g/mol. The van der Waals surface area contributed by atoms with Crippen molar-refractivity contribution in [3.63, 3.8) is 0 Å². The highest BCUT2D eigenvalue weighted by atomic mass is 16.5. The molecule has 2 aromatic carbocycles. The fourth-order valence-corrected chi connectivity index (χ4v) is 4.69. The monoisotopic (exact) mass is 479 g/mol. The first-order valence-corrected chi connectivity index (χ1v) is 12.5. The quantitative estimate of drug-likeness (QED) is 0.613. The molecule has 1 N–H and O–H groups in total. The Labute approximate surface area is 208 Å². The number of carbonyl (C=O) groups is 1. The Morgan fingerprint density at radius 1 is 1.09 bits per heavy atom. The van der Waals surface area contributed by atoms with Crippen molar-refractivity contribution in [3.8, 4) is 11.5 Å². The number of methoxy groups -OCH3 is 1. The lowest BCUT2D eigenvalue weighted by Crippen LogP contribution is -2.47. The van der Waals surface area contributed by atoms with Crippen LogP contribution in [0.5, 0.6) is 11.5 Å². The van der Waals surface area contributed by atoms with Gasteiger partial charge in [0.25, 0.3) is 0 Å². The van der Waals surface area contributed by atoms with Crippen molar-refractivity contribution in [2.24, 2.45) is 0 Å². The molecule has 0 radical (unpaired) electrons. The van der Waals surface area contributed by atoms with Crippen LogP contribution in [0.15, 0.2) is 48.5 Å². The standard InChI is InChI=1S/C28H37N3O4/c1-4-35-26-10-9-24(19-27(26)33-3)25(30-15-17-34-18-16-30)20-29-28(32)31-13-11-23(12-14-31)22-7-5-21(2)6-8-22/h5-11,19,25H,4,12-18,20H2,1-3H3,(H,29,32)/t25-/m1/s1. The highest BCUT2D eigenvalue weighted by molar-refractivity contribution is 5.76. The highest BCUT2D eigenvalue weighted by Crippen LogP contribution is 2.32. The summed E-state index contributed by atoms with van der Waals surface area (Å²) in [6, 6.07) is 14.6. The van der Waals surface area contributed by atoms with Gasteiger partial charge in [0.15, 0.2) is 11.5 Å². The summed E-state index contributed by atoms with van der Waals surface area (Å²) in [5, 5.41) is 3.19. The number of benzene rings is 2. The minimum atomic E-state index is -0.0274. The maximum Gasteiger partial charge on any atom is 0.317 e. The van der Waals surface area contributed by atoms with Gasteiger partial charge in [-0.2, -0.15) is 0 Å². The number of hydrogen-bond donors (Lipinski definition) is 1. The zero-order chi connectivity index (χ0) is 24.6. The molecule has 0 bridgehead atoms. The summed E-state index contributed by atoms with van der Waals surface area (Å²) < 4.78 is 16.8. The van der Waals surface area contributed by atoms with Gasteiger partial charge >= 0.3 is 6.03 Å². The fourth-order valence-electron chi connectivity index (χ4n) is 4.69. The summed E-state index contributed by atoms with van der Waals surface area (Å²) in [4.78, 5) is 17.3. The van der Waals surface area contributed by atoms with Crippen molar-refractivity contribution < 1.29 is 19.0 Å². The fraction of sp³-hybridized carbons (Fsp3) is 0.464. The molecule has 1 atom stereocenters. The molecule has 0 unspecified atom stereocenters. The third-order valence-corrected chi connectivity index (χ3v) is 6.72. The smallest absolute Gasteiger partial charge is 0.317 e. The van der Waals surface area contributed by atoms with E-state index >= 15 is 0 Å². The Hall–Kier alpha value is -3.03. The molecular weight excluding hydrogens is 442 g/mol. The van der Waals surface area contributed by atoms with Gasteiger partial charge in [0, 0.05) is 32.7 Å². The van der Waals surface area contributed by atoms with E-state index in [0.717, 1.165) is 30.8 Å². The first-order chi connectivity index (χ1) is 17.1. The molecule has 4 rings (SSSR count). The van der Waals surface area contributed by atoms with E-state index in [1.54, 1.807) is 7.11 Å². The lowest BCUT2D eigenvalue weighted by atomic mass is 9.99. The Morgan fingerprint density at radius 2 is 1.86 bits per heavy atom. The van der Waals surface area contributed by atoms with Crippen molar-refractivity contribution >= 4 is 11.6 Å². The van der Waals surface area contributed by atoms with E-state index in [-0.39, 0.29) is 12.1 Å². The number of rotatable bonds is 8. The molecule has 1 fully saturated rings. The largest absolute Gasteiger partial charge is 0.493 e. The predicted octanol–water partition coefficient (Wildman–Crippen LogP) is 4.27. The minimum Gasteiger partial charge on any atom is -0.493 e. The van der Waals surface area contributed by atoms with Crippen LogP contribution in [0.2, 0.25) is 0 Å². The number of morpholine rings is 1. The van der Waals surface area contributed by atoms with E-state index < -0.39 is 0 Å². The zero-order valence-corrected chi connectivity index (χ0v) is 21.1. The zero-order valence-electron chi connectivity index (χ0n) is 21.1. The van der Waals surface area contributed by atoms with Crippen LogP contribution in [0.4, 0.5) is 4.79 Å². The third kappa shape index (κ3) is 6.35. The number of nitrogens with one attached hydrogen (secondary N) is 1. The van der Waals surface area contributed by atoms with E-state index in [9.17, 15) is 4.79 Å². The van der Waals surface area contributed by atoms with Gasteiger partial charge in [0.2, 0.25) is 0 Å². The van der Waals surface area contributed by atoms with Gasteiger partial charge in [-0.1, -0.05) is 42.0 Å². The van der Waals surface area contributed by atoms with Gasteiger partial charge in [-0.25, -0.2) is 4.79 Å². The van der Waals surface area contributed by atoms with Crippen LogP contribution in [0.3, 0.4) is 0 Å². The summed E-state index contributed by atoms with van der Waals surface area (Å²) in [5.74, 6) is 1.44. The second kappa shape index (κ2) is 12.1. The number of aryl methyl sites for hydroxylation is 1. The van der Waals surface area contributed by atoms with Crippen LogP contribution in [0.1, 0.15) is 36.1 Å². The summed E-state index contributed by atoms with van der Waals surface area (Å²) in [5.41, 5.74) is 4.90. The van der Waals surface area contributed by atoms with Crippen LogP contribution in [0, 0.1) is 6.92 Å². The van der Waals surface area contributed by atoms with Gasteiger partial charge in [-0.15, -0.1) is 0 Å². The highest BCUT2D eigenvalue weighted by Gasteiger charge is 2.26. The number of amides is 2. The molecule has 2 amide bonds. The van der Waals surface area contributed by atoms with E-state index in [1.165, 1.54) is 16.7 Å². The Balaban J connectivity index is 1.42. The number of hydrogen-bond acceptors (Lipinski definition) is 5. The molecule has 2 aliphatic heterocycles. The predicted molar refractivity (Wildman–Crippen MR) is 138 cm³/mol. The third-order valence-electron chi connectivity index (χ3n) is 6.72. The Bertz CT molecular complexity index is 1020. The lowest BCUT2D eigenvalue weighted by molar-refractivity contribution is 0.0164. The number of urea groups is 1. The molecule has 188 valence electrons. The van der Waals surface area contributed by atoms with Gasteiger partial charge in [0.05, 0.1) is 33.0 Å². The number of carbonyl (C=O) groups excluding carboxylic acids is 1. The molecule has 2 aromatic rings. The van der Waals surface area contributed by atoms with Gasteiger partial charge in [-0.3, -0.25) is 4.90 Å². The van der Waals surface area contributed by atoms with Gasteiger partial charge < -0.3 is 24.4 Å². The van der Waals surface area contributed by atoms with E-state index in [1.807, 2.05) is 24.0 Å². The van der Waals surface area contributed by atoms with Crippen LogP contribution < -0.4 is 14.8 Å². The van der Waals surface area contributed by atoms with E-state index in [4.69, 9.17) is 14.2 Å². The van der Waals surface area contributed by atoms with Crippen molar-refractivity contribution in [3.05, 3.63) is 65.2 Å². The molecule has 2 aliphatic rings. The molecular formula is C28H37N3O4. The summed E-state index contributed by atoms with van der Waals surface area (Å²) in [6.45, 7) is 9.51. The summed E-state index contributed by atoms with van der Waals surface area (Å²) in [6.07, 6.45) is 3.03. The normalized spacial score (nSPS) is 17.5. The summed E-state index contributed by atoms with van der Waals surface area (Å²) in [7, 11) is 1.65. The molecule has 1 saturated heterocycles. The second-order valence-corrected chi connectivity index (χ2v) is 8.98. The molecule has 2 heterocycles. The van der Waals surface area contributed by atoms with Crippen LogP contribution in [-0.4, -0.2) is 75.5 Å². The van der Waals surface area contributed by atoms with Gasteiger partial charge in [0.1, 0.15) is 0 Å². The van der Waals surface area contributed by atoms with Crippen molar-refractivity contribution in [1.29, 1.82) is 0 Å². The molecule has 7 heteroatoms. The molecule has 35 heavy (non-hydrogen) atoms.